The summed E-state index contributed by atoms with van der Waals surface area (Å²) < 4.78 is 40.7. The standard InChI is InChI=1S/C21H23F3N4O2/c1-11(12-5-3-6-13(9-12)21(22,23)24)28-17(10-16(27-28)19(29)25-2)20(30)26-18-14-7-4-8-15(14)18/h3,5-6,9-11,14-15,18H,4,7-8H2,1-2H3,(H,25,29)(H,26,30). The summed E-state index contributed by atoms with van der Waals surface area (Å²) in [6.45, 7) is 1.65. The van der Waals surface area contributed by atoms with Crippen molar-refractivity contribution < 1.29 is 22.8 Å². The molecule has 2 aliphatic rings. The monoisotopic (exact) mass is 420 g/mol. The van der Waals surface area contributed by atoms with Gasteiger partial charge in [-0.05, 0) is 49.3 Å². The van der Waals surface area contributed by atoms with E-state index in [0.717, 1.165) is 25.0 Å². The fourth-order valence-electron chi connectivity index (χ4n) is 4.48. The number of amides is 2. The summed E-state index contributed by atoms with van der Waals surface area (Å²) in [5, 5.41) is 9.70. The Morgan fingerprint density at radius 1 is 1.17 bits per heavy atom. The maximum Gasteiger partial charge on any atom is 0.416 e. The van der Waals surface area contributed by atoms with Gasteiger partial charge in [0.25, 0.3) is 11.8 Å². The normalized spacial score (nSPS) is 23.6. The average Bonchev–Trinajstić information content (AvgIpc) is 3.12. The van der Waals surface area contributed by atoms with Crippen molar-refractivity contribution in [1.82, 2.24) is 20.4 Å². The molecule has 9 heteroatoms. The Labute approximate surface area is 171 Å². The number of halogens is 3. The molecule has 1 aromatic carbocycles. The van der Waals surface area contributed by atoms with Crippen molar-refractivity contribution in [3.05, 3.63) is 52.8 Å². The van der Waals surface area contributed by atoms with Crippen molar-refractivity contribution in [3.8, 4) is 0 Å². The van der Waals surface area contributed by atoms with Gasteiger partial charge in [-0.1, -0.05) is 18.6 Å². The number of hydrogen-bond donors (Lipinski definition) is 2. The Hall–Kier alpha value is -2.84. The lowest BCUT2D eigenvalue weighted by atomic mass is 10.0. The second-order valence-electron chi connectivity index (χ2n) is 8.00. The number of alkyl halides is 3. The third-order valence-electron chi connectivity index (χ3n) is 6.20. The molecule has 0 radical (unpaired) electrons. The van der Waals surface area contributed by atoms with Crippen molar-refractivity contribution in [2.45, 2.75) is 44.4 Å². The minimum atomic E-state index is -4.48. The molecule has 2 amide bonds. The van der Waals surface area contributed by atoms with E-state index in [1.54, 1.807) is 13.0 Å². The smallest absolute Gasteiger partial charge is 0.354 e. The van der Waals surface area contributed by atoms with Crippen molar-refractivity contribution in [2.24, 2.45) is 11.8 Å². The van der Waals surface area contributed by atoms with Gasteiger partial charge in [-0.15, -0.1) is 0 Å². The van der Waals surface area contributed by atoms with Crippen LogP contribution in [-0.2, 0) is 6.18 Å². The van der Waals surface area contributed by atoms with Crippen LogP contribution in [0.15, 0.2) is 30.3 Å². The molecule has 3 unspecified atom stereocenters. The lowest BCUT2D eigenvalue weighted by molar-refractivity contribution is -0.137. The highest BCUT2D eigenvalue weighted by atomic mass is 19.4. The van der Waals surface area contributed by atoms with Crippen molar-refractivity contribution in [3.63, 3.8) is 0 Å². The van der Waals surface area contributed by atoms with Crippen molar-refractivity contribution in [2.75, 3.05) is 7.05 Å². The summed E-state index contributed by atoms with van der Waals surface area (Å²) in [6, 6.07) is 5.74. The van der Waals surface area contributed by atoms with Gasteiger partial charge in [0.2, 0.25) is 0 Å². The average molecular weight is 420 g/mol. The zero-order valence-corrected chi connectivity index (χ0v) is 16.7. The van der Waals surface area contributed by atoms with E-state index in [2.05, 4.69) is 15.7 Å². The summed E-state index contributed by atoms with van der Waals surface area (Å²) in [5.74, 6) is 0.174. The number of nitrogens with zero attached hydrogens (tertiary/aromatic N) is 2. The zero-order chi connectivity index (χ0) is 21.6. The Bertz CT molecular complexity index is 975. The third kappa shape index (κ3) is 3.68. The van der Waals surface area contributed by atoms with E-state index in [1.165, 1.54) is 30.3 Å². The molecule has 2 fully saturated rings. The molecule has 2 saturated carbocycles. The largest absolute Gasteiger partial charge is 0.416 e. The van der Waals surface area contributed by atoms with Gasteiger partial charge in [0, 0.05) is 19.2 Å². The molecule has 2 aliphatic carbocycles. The minimum absolute atomic E-state index is 0.0393. The van der Waals surface area contributed by atoms with Crippen LogP contribution in [0.5, 0.6) is 0 Å². The number of carbonyl (C=O) groups is 2. The lowest BCUT2D eigenvalue weighted by Crippen LogP contribution is -2.31. The molecule has 4 rings (SSSR count). The van der Waals surface area contributed by atoms with Crippen molar-refractivity contribution in [1.29, 1.82) is 0 Å². The van der Waals surface area contributed by atoms with Crippen LogP contribution < -0.4 is 10.6 Å². The van der Waals surface area contributed by atoms with Gasteiger partial charge in [-0.2, -0.15) is 18.3 Å². The van der Waals surface area contributed by atoms with Gasteiger partial charge < -0.3 is 10.6 Å². The SMILES string of the molecule is CNC(=O)c1cc(C(=O)NC2C3CCCC32)n(C(C)c2cccc(C(F)(F)F)c2)n1. The Morgan fingerprint density at radius 3 is 2.50 bits per heavy atom. The van der Waals surface area contributed by atoms with Gasteiger partial charge in [0.15, 0.2) is 5.69 Å². The van der Waals surface area contributed by atoms with Crippen LogP contribution in [0, 0.1) is 11.8 Å². The molecule has 2 aromatic rings. The molecule has 6 nitrogen and oxygen atoms in total. The van der Waals surface area contributed by atoms with E-state index in [4.69, 9.17) is 0 Å². The minimum Gasteiger partial charge on any atom is -0.354 e. The zero-order valence-electron chi connectivity index (χ0n) is 16.7. The number of carbonyl (C=O) groups excluding carboxylic acids is 2. The molecule has 2 N–H and O–H groups in total. The quantitative estimate of drug-likeness (QED) is 0.779. The number of nitrogens with one attached hydrogen (secondary N) is 2. The van der Waals surface area contributed by atoms with Gasteiger partial charge in [-0.25, -0.2) is 0 Å². The molecule has 160 valence electrons. The maximum atomic E-state index is 13.1. The first-order chi connectivity index (χ1) is 14.2. The predicted octanol–water partition coefficient (Wildman–Crippen LogP) is 3.40. The molecule has 0 aliphatic heterocycles. The highest BCUT2D eigenvalue weighted by Crippen LogP contribution is 2.51. The molecule has 1 heterocycles. The molecule has 1 aromatic heterocycles. The van der Waals surface area contributed by atoms with Crippen LogP contribution in [0.2, 0.25) is 0 Å². The fourth-order valence-corrected chi connectivity index (χ4v) is 4.48. The van der Waals surface area contributed by atoms with Crippen molar-refractivity contribution >= 4 is 11.8 Å². The molecule has 3 atom stereocenters. The number of aromatic nitrogens is 2. The van der Waals surface area contributed by atoms with Crippen LogP contribution in [0.1, 0.15) is 64.3 Å². The number of benzene rings is 1. The molecule has 30 heavy (non-hydrogen) atoms. The summed E-state index contributed by atoms with van der Waals surface area (Å²) in [7, 11) is 1.45. The summed E-state index contributed by atoms with van der Waals surface area (Å²) in [4.78, 5) is 25.0. The van der Waals surface area contributed by atoms with Gasteiger partial charge in [0.05, 0.1) is 11.6 Å². The van der Waals surface area contributed by atoms with Crippen LogP contribution in [0.4, 0.5) is 13.2 Å². The van der Waals surface area contributed by atoms with Gasteiger partial charge >= 0.3 is 6.18 Å². The first-order valence-corrected chi connectivity index (χ1v) is 10.0. The van der Waals surface area contributed by atoms with Gasteiger partial charge in [0.1, 0.15) is 5.69 Å². The van der Waals surface area contributed by atoms with Crippen LogP contribution >= 0.6 is 0 Å². The predicted molar refractivity (Wildman–Crippen MR) is 103 cm³/mol. The van der Waals surface area contributed by atoms with E-state index in [1.807, 2.05) is 0 Å². The van der Waals surface area contributed by atoms with Crippen LogP contribution in [-0.4, -0.2) is 34.7 Å². The maximum absolute atomic E-state index is 13.1. The van der Waals surface area contributed by atoms with E-state index in [9.17, 15) is 22.8 Å². The second kappa shape index (κ2) is 7.45. The Balaban J connectivity index is 1.65. The molecule has 0 bridgehead atoms. The molecular formula is C21H23F3N4O2. The molecule has 0 spiro atoms. The fraction of sp³-hybridized carbons (Fsp3) is 0.476. The number of fused-ring (bicyclic) bond motifs is 1. The molecule has 0 saturated heterocycles. The lowest BCUT2D eigenvalue weighted by Gasteiger charge is -2.18. The summed E-state index contributed by atoms with van der Waals surface area (Å²) >= 11 is 0. The topological polar surface area (TPSA) is 76.0 Å². The summed E-state index contributed by atoms with van der Waals surface area (Å²) in [6.07, 6.45) is -1.11. The van der Waals surface area contributed by atoms with E-state index < -0.39 is 23.7 Å². The van der Waals surface area contributed by atoms with E-state index >= 15 is 0 Å². The van der Waals surface area contributed by atoms with Gasteiger partial charge in [-0.3, -0.25) is 14.3 Å². The second-order valence-corrected chi connectivity index (χ2v) is 8.00. The number of rotatable bonds is 5. The Kier molecular flexibility index (Phi) is 5.07. The van der Waals surface area contributed by atoms with E-state index in [0.29, 0.717) is 17.4 Å². The highest BCUT2D eigenvalue weighted by Gasteiger charge is 2.53. The highest BCUT2D eigenvalue weighted by molar-refractivity contribution is 5.98. The van der Waals surface area contributed by atoms with Crippen LogP contribution in [0.25, 0.3) is 0 Å². The van der Waals surface area contributed by atoms with E-state index in [-0.39, 0.29) is 23.3 Å². The summed E-state index contributed by atoms with van der Waals surface area (Å²) in [5.41, 5.74) is -0.239. The first kappa shape index (κ1) is 20.4. The third-order valence-corrected chi connectivity index (χ3v) is 6.20. The van der Waals surface area contributed by atoms with Crippen LogP contribution in [0.3, 0.4) is 0 Å². The number of hydrogen-bond acceptors (Lipinski definition) is 3. The first-order valence-electron chi connectivity index (χ1n) is 10.0. The Morgan fingerprint density at radius 2 is 1.87 bits per heavy atom. The molecular weight excluding hydrogens is 397 g/mol.